The summed E-state index contributed by atoms with van der Waals surface area (Å²) in [6, 6.07) is 17.2. The number of alkyl carbamates (subject to hydrolysis) is 1. The summed E-state index contributed by atoms with van der Waals surface area (Å²) in [4.78, 5) is 37.0. The Kier molecular flexibility index (Phi) is 6.57. The number of carboxylic acid groups (broad SMARTS) is 1. The minimum atomic E-state index is -1.50. The van der Waals surface area contributed by atoms with E-state index in [-0.39, 0.29) is 30.6 Å². The van der Waals surface area contributed by atoms with Crippen LogP contribution in [-0.2, 0) is 21.3 Å². The second-order valence-corrected chi connectivity index (χ2v) is 8.51. The molecule has 182 valence electrons. The number of hydrogen-bond donors (Lipinski definition) is 3. The lowest BCUT2D eigenvalue weighted by molar-refractivity contribution is -0.123. The van der Waals surface area contributed by atoms with Crippen molar-refractivity contribution in [2.24, 2.45) is 7.05 Å². The van der Waals surface area contributed by atoms with E-state index in [4.69, 9.17) is 9.47 Å². The van der Waals surface area contributed by atoms with Crippen molar-refractivity contribution in [1.82, 2.24) is 15.1 Å². The molecule has 1 aliphatic carbocycles. The predicted molar refractivity (Wildman–Crippen MR) is 127 cm³/mol. The highest BCUT2D eigenvalue weighted by atomic mass is 16.5. The van der Waals surface area contributed by atoms with Gasteiger partial charge in [0.05, 0.1) is 6.61 Å². The third kappa shape index (κ3) is 4.73. The van der Waals surface area contributed by atoms with Gasteiger partial charge < -0.3 is 25.2 Å². The summed E-state index contributed by atoms with van der Waals surface area (Å²) < 4.78 is 11.8. The highest BCUT2D eigenvalue weighted by Crippen LogP contribution is 2.44. The Bertz CT molecular complexity index is 1240. The molecule has 1 heterocycles. The molecule has 0 fully saturated rings. The van der Waals surface area contributed by atoms with Gasteiger partial charge in [-0.05, 0) is 29.2 Å². The normalized spacial score (nSPS) is 13.9. The van der Waals surface area contributed by atoms with E-state index in [1.807, 2.05) is 48.5 Å². The van der Waals surface area contributed by atoms with Crippen LogP contribution in [-0.4, -0.2) is 58.7 Å². The van der Waals surface area contributed by atoms with E-state index in [2.05, 4.69) is 15.7 Å². The molecule has 0 saturated carbocycles. The smallest absolute Gasteiger partial charge is 0.408 e. The number of rotatable bonds is 8. The number of aryl methyl sites for hydroxylation is 1. The molecule has 2 amide bonds. The Morgan fingerprint density at radius 3 is 2.23 bits per heavy atom. The van der Waals surface area contributed by atoms with Gasteiger partial charge in [-0.2, -0.15) is 5.10 Å². The van der Waals surface area contributed by atoms with Gasteiger partial charge in [-0.25, -0.2) is 9.59 Å². The third-order valence-corrected chi connectivity index (χ3v) is 6.00. The van der Waals surface area contributed by atoms with E-state index in [1.165, 1.54) is 27.1 Å². The summed E-state index contributed by atoms with van der Waals surface area (Å²) in [6.45, 7) is 1.42. The van der Waals surface area contributed by atoms with Gasteiger partial charge in [-0.1, -0.05) is 48.5 Å². The molecule has 0 aliphatic heterocycles. The maximum Gasteiger partial charge on any atom is 0.408 e. The van der Waals surface area contributed by atoms with Gasteiger partial charge >= 0.3 is 12.1 Å². The van der Waals surface area contributed by atoms with E-state index in [0.717, 1.165) is 26.9 Å². The second kappa shape index (κ2) is 9.59. The zero-order valence-corrected chi connectivity index (χ0v) is 19.6. The lowest BCUT2D eigenvalue weighted by atomic mass is 9.98. The molecule has 35 heavy (non-hydrogen) atoms. The van der Waals surface area contributed by atoms with Crippen LogP contribution in [0.5, 0.6) is 0 Å². The summed E-state index contributed by atoms with van der Waals surface area (Å²) in [5, 5.41) is 18.3. The molecule has 1 aromatic heterocycles. The number of fused-ring (bicyclic) bond motifs is 3. The highest BCUT2D eigenvalue weighted by molar-refractivity contribution is 6.00. The number of benzene rings is 2. The molecule has 10 heteroatoms. The lowest BCUT2D eigenvalue weighted by Gasteiger charge is -2.28. The van der Waals surface area contributed by atoms with Crippen molar-refractivity contribution in [3.05, 3.63) is 71.4 Å². The van der Waals surface area contributed by atoms with Crippen LogP contribution in [0.4, 0.5) is 10.6 Å². The third-order valence-electron chi connectivity index (χ3n) is 6.00. The maximum absolute atomic E-state index is 13.0. The number of amides is 2. The molecule has 0 saturated heterocycles. The van der Waals surface area contributed by atoms with Gasteiger partial charge in [0, 0.05) is 26.1 Å². The Balaban J connectivity index is 1.45. The molecular formula is C25H26N4O6. The molecule has 3 aromatic rings. The molecule has 0 radical (unpaired) electrons. The molecule has 1 atom stereocenters. The van der Waals surface area contributed by atoms with Gasteiger partial charge in [0.2, 0.25) is 0 Å². The van der Waals surface area contributed by atoms with Crippen molar-refractivity contribution < 1.29 is 29.0 Å². The first kappa shape index (κ1) is 24.0. The van der Waals surface area contributed by atoms with Crippen molar-refractivity contribution in [2.75, 3.05) is 25.6 Å². The maximum atomic E-state index is 13.0. The fourth-order valence-corrected chi connectivity index (χ4v) is 4.29. The quantitative estimate of drug-likeness (QED) is 0.453. The molecule has 4 rings (SSSR count). The van der Waals surface area contributed by atoms with Crippen LogP contribution in [0.2, 0.25) is 0 Å². The van der Waals surface area contributed by atoms with Gasteiger partial charge in [-0.15, -0.1) is 0 Å². The van der Waals surface area contributed by atoms with E-state index in [9.17, 15) is 19.5 Å². The van der Waals surface area contributed by atoms with Crippen LogP contribution in [0.3, 0.4) is 0 Å². The average Bonchev–Trinajstić information content (AvgIpc) is 3.35. The summed E-state index contributed by atoms with van der Waals surface area (Å²) in [5.41, 5.74) is 2.76. The zero-order valence-electron chi connectivity index (χ0n) is 19.6. The highest BCUT2D eigenvalue weighted by Gasteiger charge is 2.37. The number of nitrogens with zero attached hydrogens (tertiary/aromatic N) is 2. The number of aromatic carboxylic acids is 1. The first-order valence-electron chi connectivity index (χ1n) is 10.9. The van der Waals surface area contributed by atoms with E-state index in [0.29, 0.717) is 0 Å². The van der Waals surface area contributed by atoms with Gasteiger partial charge in [-0.3, -0.25) is 9.48 Å². The summed E-state index contributed by atoms with van der Waals surface area (Å²) >= 11 is 0. The molecule has 0 spiro atoms. The van der Waals surface area contributed by atoms with Crippen LogP contribution < -0.4 is 10.6 Å². The largest absolute Gasteiger partial charge is 0.477 e. The Labute approximate surface area is 201 Å². The van der Waals surface area contributed by atoms with Crippen molar-refractivity contribution >= 4 is 23.8 Å². The molecular weight excluding hydrogens is 452 g/mol. The summed E-state index contributed by atoms with van der Waals surface area (Å²) in [6.07, 6.45) is -0.784. The second-order valence-electron chi connectivity index (χ2n) is 8.51. The first-order valence-corrected chi connectivity index (χ1v) is 10.9. The number of methoxy groups -OCH3 is 1. The predicted octanol–water partition coefficient (Wildman–Crippen LogP) is 3.00. The summed E-state index contributed by atoms with van der Waals surface area (Å²) in [7, 11) is 2.84. The fraction of sp³-hybridized carbons (Fsp3) is 0.280. The summed E-state index contributed by atoms with van der Waals surface area (Å²) in [5.74, 6) is -1.91. The number of anilines is 1. The van der Waals surface area contributed by atoms with E-state index < -0.39 is 23.5 Å². The van der Waals surface area contributed by atoms with Crippen LogP contribution in [0.1, 0.15) is 34.5 Å². The number of nitrogens with one attached hydrogen (secondary N) is 2. The monoisotopic (exact) mass is 478 g/mol. The van der Waals surface area contributed by atoms with Gasteiger partial charge in [0.25, 0.3) is 5.91 Å². The van der Waals surface area contributed by atoms with Crippen LogP contribution in [0.25, 0.3) is 11.1 Å². The SMILES string of the molecule is COCC(C)(NC(=O)OCC1c2ccccc2-c2ccccc21)C(=O)Nc1cc(C(=O)O)n(C)n1. The number of ether oxygens (including phenoxy) is 2. The van der Waals surface area contributed by atoms with Crippen LogP contribution in [0.15, 0.2) is 54.6 Å². The average molecular weight is 479 g/mol. The standard InChI is InChI=1S/C25H26N4O6/c1-25(14-34-3,23(32)26-21-12-20(22(30)31)29(2)28-21)27-24(33)35-13-19-17-10-6-4-8-15(17)16-9-5-7-11-18(16)19/h4-12,19H,13-14H2,1-3H3,(H,27,33)(H,30,31)(H,26,28,32). The minimum absolute atomic E-state index is 0.0339. The Morgan fingerprint density at radius 1 is 1.09 bits per heavy atom. The number of aromatic nitrogens is 2. The molecule has 1 unspecified atom stereocenters. The Morgan fingerprint density at radius 2 is 1.69 bits per heavy atom. The van der Waals surface area contributed by atoms with Crippen LogP contribution in [0, 0.1) is 0 Å². The van der Waals surface area contributed by atoms with E-state index in [1.54, 1.807) is 0 Å². The van der Waals surface area contributed by atoms with Gasteiger partial charge in [0.1, 0.15) is 17.8 Å². The molecule has 1 aliphatic rings. The van der Waals surface area contributed by atoms with Crippen molar-refractivity contribution in [3.63, 3.8) is 0 Å². The van der Waals surface area contributed by atoms with Crippen molar-refractivity contribution in [2.45, 2.75) is 18.4 Å². The van der Waals surface area contributed by atoms with Crippen LogP contribution >= 0.6 is 0 Å². The van der Waals surface area contributed by atoms with Gasteiger partial charge in [0.15, 0.2) is 5.82 Å². The molecule has 0 bridgehead atoms. The number of carbonyl (C=O) groups is 3. The zero-order chi connectivity index (χ0) is 25.2. The van der Waals surface area contributed by atoms with Crippen molar-refractivity contribution in [1.29, 1.82) is 0 Å². The number of carboxylic acids is 1. The Hall–Kier alpha value is -4.18. The first-order chi connectivity index (χ1) is 16.7. The minimum Gasteiger partial charge on any atom is -0.477 e. The number of carbonyl (C=O) groups excluding carboxylic acids is 2. The fourth-order valence-electron chi connectivity index (χ4n) is 4.29. The molecule has 10 nitrogen and oxygen atoms in total. The number of hydrogen-bond acceptors (Lipinski definition) is 6. The van der Waals surface area contributed by atoms with E-state index >= 15 is 0 Å². The lowest BCUT2D eigenvalue weighted by Crippen LogP contribution is -2.57. The van der Waals surface area contributed by atoms with Crippen molar-refractivity contribution in [3.8, 4) is 11.1 Å². The topological polar surface area (TPSA) is 132 Å². The molecule has 3 N–H and O–H groups in total. The molecule has 2 aromatic carbocycles.